The number of aryl methyl sites for hydroxylation is 4. The smallest absolute Gasteiger partial charge is 0.0300 e. The predicted molar refractivity (Wildman–Crippen MR) is 87.0 cm³/mol. The highest BCUT2D eigenvalue weighted by Gasteiger charge is 2.09. The minimum atomic E-state index is 0.126. The lowest BCUT2D eigenvalue weighted by Gasteiger charge is -2.15. The van der Waals surface area contributed by atoms with Crippen molar-refractivity contribution in [3.63, 3.8) is 0 Å². The van der Waals surface area contributed by atoms with E-state index in [9.17, 15) is 0 Å². The molecule has 0 amide bonds. The van der Waals surface area contributed by atoms with Gasteiger partial charge in [0.1, 0.15) is 0 Å². The van der Waals surface area contributed by atoms with Crippen LogP contribution in [0, 0.1) is 13.8 Å². The summed E-state index contributed by atoms with van der Waals surface area (Å²) in [5.74, 6) is 0. The Labute approximate surface area is 122 Å². The summed E-state index contributed by atoms with van der Waals surface area (Å²) >= 11 is 0. The molecule has 106 valence electrons. The Morgan fingerprint density at radius 3 is 2.25 bits per heavy atom. The molecule has 0 saturated heterocycles. The molecule has 0 heterocycles. The zero-order valence-corrected chi connectivity index (χ0v) is 12.8. The van der Waals surface area contributed by atoms with Crippen LogP contribution in [-0.2, 0) is 12.8 Å². The van der Waals surface area contributed by atoms with Gasteiger partial charge in [0, 0.05) is 6.04 Å². The molecule has 0 aliphatic heterocycles. The molecule has 20 heavy (non-hydrogen) atoms. The number of nitrogens with two attached hydrogens (primary N) is 1. The van der Waals surface area contributed by atoms with Crippen LogP contribution in [0.15, 0.2) is 42.5 Å². The van der Waals surface area contributed by atoms with Crippen LogP contribution in [-0.4, -0.2) is 0 Å². The van der Waals surface area contributed by atoms with Gasteiger partial charge < -0.3 is 5.73 Å². The molecule has 0 aliphatic carbocycles. The van der Waals surface area contributed by atoms with E-state index < -0.39 is 0 Å². The van der Waals surface area contributed by atoms with E-state index >= 15 is 0 Å². The molecule has 1 unspecified atom stereocenters. The molecule has 1 atom stereocenters. The van der Waals surface area contributed by atoms with E-state index in [1.54, 1.807) is 0 Å². The summed E-state index contributed by atoms with van der Waals surface area (Å²) < 4.78 is 0. The fourth-order valence-corrected chi connectivity index (χ4v) is 2.58. The average Bonchev–Trinajstić information content (AvgIpc) is 2.47. The number of benzene rings is 2. The SMILES string of the molecule is CCc1ccc(CCC(N)c2cc(C)ccc2C)cc1. The van der Waals surface area contributed by atoms with Crippen molar-refractivity contribution in [1.29, 1.82) is 0 Å². The van der Waals surface area contributed by atoms with Crippen molar-refractivity contribution >= 4 is 0 Å². The second-order valence-electron chi connectivity index (χ2n) is 5.68. The summed E-state index contributed by atoms with van der Waals surface area (Å²) in [5, 5.41) is 0. The normalized spacial score (nSPS) is 12.4. The topological polar surface area (TPSA) is 26.0 Å². The van der Waals surface area contributed by atoms with E-state index in [-0.39, 0.29) is 6.04 Å². The third kappa shape index (κ3) is 3.71. The van der Waals surface area contributed by atoms with Crippen LogP contribution < -0.4 is 5.73 Å². The second-order valence-corrected chi connectivity index (χ2v) is 5.68. The minimum Gasteiger partial charge on any atom is -0.324 e. The Bertz CT molecular complexity index is 554. The maximum absolute atomic E-state index is 6.37. The zero-order chi connectivity index (χ0) is 14.5. The van der Waals surface area contributed by atoms with Gasteiger partial charge in [-0.1, -0.05) is 55.0 Å². The van der Waals surface area contributed by atoms with E-state index in [0.29, 0.717) is 0 Å². The molecule has 0 saturated carbocycles. The largest absolute Gasteiger partial charge is 0.324 e. The number of rotatable bonds is 5. The lowest BCUT2D eigenvalue weighted by molar-refractivity contribution is 0.647. The average molecular weight is 267 g/mol. The summed E-state index contributed by atoms with van der Waals surface area (Å²) in [6, 6.07) is 15.6. The van der Waals surface area contributed by atoms with Crippen molar-refractivity contribution in [3.8, 4) is 0 Å². The molecule has 2 N–H and O–H groups in total. The van der Waals surface area contributed by atoms with Crippen LogP contribution in [0.4, 0.5) is 0 Å². The number of hydrogen-bond donors (Lipinski definition) is 1. The van der Waals surface area contributed by atoms with Crippen molar-refractivity contribution in [2.75, 3.05) is 0 Å². The Hall–Kier alpha value is -1.60. The quantitative estimate of drug-likeness (QED) is 0.848. The molecule has 0 spiro atoms. The lowest BCUT2D eigenvalue weighted by Crippen LogP contribution is -2.13. The van der Waals surface area contributed by atoms with Crippen LogP contribution in [0.1, 0.15) is 47.2 Å². The number of hydrogen-bond acceptors (Lipinski definition) is 1. The van der Waals surface area contributed by atoms with Gasteiger partial charge in [0.15, 0.2) is 0 Å². The van der Waals surface area contributed by atoms with Gasteiger partial charge in [-0.05, 0) is 55.4 Å². The summed E-state index contributed by atoms with van der Waals surface area (Å²) in [6.07, 6.45) is 3.14. The molecule has 0 bridgehead atoms. The molecule has 2 rings (SSSR count). The van der Waals surface area contributed by atoms with Gasteiger partial charge in [-0.2, -0.15) is 0 Å². The van der Waals surface area contributed by atoms with Crippen molar-refractivity contribution in [1.82, 2.24) is 0 Å². The maximum atomic E-state index is 6.37. The third-order valence-electron chi connectivity index (χ3n) is 4.01. The fourth-order valence-electron chi connectivity index (χ4n) is 2.58. The minimum absolute atomic E-state index is 0.126. The summed E-state index contributed by atoms with van der Waals surface area (Å²) in [6.45, 7) is 6.45. The lowest BCUT2D eigenvalue weighted by atomic mass is 9.94. The highest BCUT2D eigenvalue weighted by molar-refractivity contribution is 5.33. The van der Waals surface area contributed by atoms with Crippen LogP contribution in [0.25, 0.3) is 0 Å². The standard InChI is InChI=1S/C19H25N/c1-4-16-7-9-17(10-8-16)11-12-19(20)18-13-14(2)5-6-15(18)3/h5-10,13,19H,4,11-12,20H2,1-3H3. The van der Waals surface area contributed by atoms with Gasteiger partial charge >= 0.3 is 0 Å². The summed E-state index contributed by atoms with van der Waals surface area (Å²) in [4.78, 5) is 0. The Kier molecular flexibility index (Phi) is 4.97. The van der Waals surface area contributed by atoms with Crippen molar-refractivity contribution in [2.24, 2.45) is 5.73 Å². The molecule has 2 aromatic rings. The third-order valence-corrected chi connectivity index (χ3v) is 4.01. The van der Waals surface area contributed by atoms with Crippen molar-refractivity contribution in [2.45, 2.75) is 46.1 Å². The zero-order valence-electron chi connectivity index (χ0n) is 12.8. The summed E-state index contributed by atoms with van der Waals surface area (Å²) in [5.41, 5.74) is 13.0. The molecule has 0 aliphatic rings. The molecule has 2 aromatic carbocycles. The summed E-state index contributed by atoms with van der Waals surface area (Å²) in [7, 11) is 0. The van der Waals surface area contributed by atoms with E-state index in [2.05, 4.69) is 63.2 Å². The van der Waals surface area contributed by atoms with E-state index in [4.69, 9.17) is 5.73 Å². The molecular formula is C19H25N. The molecule has 1 heteroatoms. The van der Waals surface area contributed by atoms with Crippen LogP contribution >= 0.6 is 0 Å². The first-order valence-corrected chi connectivity index (χ1v) is 7.50. The van der Waals surface area contributed by atoms with Crippen molar-refractivity contribution in [3.05, 3.63) is 70.3 Å². The highest BCUT2D eigenvalue weighted by atomic mass is 14.6. The second kappa shape index (κ2) is 6.71. The van der Waals surface area contributed by atoms with Gasteiger partial charge in [0.2, 0.25) is 0 Å². The van der Waals surface area contributed by atoms with E-state index in [0.717, 1.165) is 19.3 Å². The van der Waals surface area contributed by atoms with E-state index in [1.165, 1.54) is 27.8 Å². The molecule has 0 aromatic heterocycles. The molecular weight excluding hydrogens is 242 g/mol. The van der Waals surface area contributed by atoms with Gasteiger partial charge in [-0.25, -0.2) is 0 Å². The predicted octanol–water partition coefficient (Wildman–Crippen LogP) is 4.50. The van der Waals surface area contributed by atoms with Crippen molar-refractivity contribution < 1.29 is 0 Å². The fraction of sp³-hybridized carbons (Fsp3) is 0.368. The van der Waals surface area contributed by atoms with E-state index in [1.807, 2.05) is 0 Å². The Morgan fingerprint density at radius 1 is 0.950 bits per heavy atom. The van der Waals surface area contributed by atoms with Gasteiger partial charge in [-0.3, -0.25) is 0 Å². The molecule has 0 radical (unpaired) electrons. The van der Waals surface area contributed by atoms with Gasteiger partial charge in [0.05, 0.1) is 0 Å². The monoisotopic (exact) mass is 267 g/mol. The van der Waals surface area contributed by atoms with Gasteiger partial charge in [0.25, 0.3) is 0 Å². The molecule has 1 nitrogen and oxygen atoms in total. The van der Waals surface area contributed by atoms with Crippen LogP contribution in [0.5, 0.6) is 0 Å². The highest BCUT2D eigenvalue weighted by Crippen LogP contribution is 2.21. The molecule has 0 fully saturated rings. The Morgan fingerprint density at radius 2 is 1.60 bits per heavy atom. The van der Waals surface area contributed by atoms with Crippen LogP contribution in [0.3, 0.4) is 0 Å². The first-order chi connectivity index (χ1) is 9.60. The first-order valence-electron chi connectivity index (χ1n) is 7.50. The van der Waals surface area contributed by atoms with Crippen LogP contribution in [0.2, 0.25) is 0 Å². The Balaban J connectivity index is 2.00. The maximum Gasteiger partial charge on any atom is 0.0300 e. The van der Waals surface area contributed by atoms with Gasteiger partial charge in [-0.15, -0.1) is 0 Å². The first kappa shape index (κ1) is 14.8.